The van der Waals surface area contributed by atoms with Crippen LogP contribution in [-0.4, -0.2) is 0 Å². The van der Waals surface area contributed by atoms with Gasteiger partial charge >= 0.3 is 0 Å². The molecule has 0 aromatic heterocycles. The van der Waals surface area contributed by atoms with Gasteiger partial charge in [-0.2, -0.15) is 0 Å². The summed E-state index contributed by atoms with van der Waals surface area (Å²) in [5.74, 6) is 1.75. The molecule has 0 saturated carbocycles. The van der Waals surface area contributed by atoms with E-state index in [-0.39, 0.29) is 0 Å². The van der Waals surface area contributed by atoms with E-state index in [1.54, 1.807) is 0 Å². The van der Waals surface area contributed by atoms with Crippen molar-refractivity contribution >= 4 is 5.69 Å². The van der Waals surface area contributed by atoms with Crippen LogP contribution in [0.5, 0.6) is 0 Å². The number of anilines is 1. The van der Waals surface area contributed by atoms with E-state index in [9.17, 15) is 0 Å². The molecule has 0 fully saturated rings. The second-order valence-corrected chi connectivity index (χ2v) is 9.33. The number of nitrogen functional groups attached to an aromatic ring is 1. The van der Waals surface area contributed by atoms with E-state index in [1.807, 2.05) is 12.1 Å². The molecule has 0 amide bonds. The first-order valence-electron chi connectivity index (χ1n) is 11.4. The number of benzene rings is 3. The first-order valence-corrected chi connectivity index (χ1v) is 11.4. The third kappa shape index (κ3) is 5.53. The number of hydrogen-bond acceptors (Lipinski definition) is 1. The summed E-state index contributed by atoms with van der Waals surface area (Å²) in [5.41, 5.74) is 15.2. The van der Waals surface area contributed by atoms with Crippen molar-refractivity contribution in [3.05, 3.63) is 89.0 Å². The fourth-order valence-corrected chi connectivity index (χ4v) is 4.52. The van der Waals surface area contributed by atoms with Gasteiger partial charge in [0.25, 0.3) is 0 Å². The molecule has 0 aliphatic heterocycles. The summed E-state index contributed by atoms with van der Waals surface area (Å²) in [6, 6.07) is 24.0. The zero-order valence-corrected chi connectivity index (χ0v) is 19.3. The highest BCUT2D eigenvalue weighted by Gasteiger charge is 2.17. The monoisotopic (exact) mass is 399 g/mol. The highest BCUT2D eigenvalue weighted by atomic mass is 14.5. The van der Waals surface area contributed by atoms with Crippen molar-refractivity contribution in [2.24, 2.45) is 5.92 Å². The number of hydrogen-bond donors (Lipinski definition) is 1. The average Bonchev–Trinajstić information content (AvgIpc) is 2.74. The average molecular weight is 400 g/mol. The highest BCUT2D eigenvalue weighted by Crippen LogP contribution is 2.35. The van der Waals surface area contributed by atoms with Crippen LogP contribution < -0.4 is 5.73 Å². The normalized spacial score (nSPS) is 13.4. The molecule has 3 aromatic carbocycles. The summed E-state index contributed by atoms with van der Waals surface area (Å²) in [6.45, 7) is 11.7. The summed E-state index contributed by atoms with van der Waals surface area (Å²) in [5, 5.41) is 0. The lowest BCUT2D eigenvalue weighted by Gasteiger charge is -2.22. The van der Waals surface area contributed by atoms with E-state index >= 15 is 0 Å². The van der Waals surface area contributed by atoms with Crippen molar-refractivity contribution in [2.75, 3.05) is 5.73 Å². The highest BCUT2D eigenvalue weighted by molar-refractivity contribution is 5.67. The molecule has 1 heteroatoms. The molecule has 3 aromatic rings. The molecular weight excluding hydrogens is 362 g/mol. The van der Waals surface area contributed by atoms with Gasteiger partial charge in [0.1, 0.15) is 0 Å². The smallest absolute Gasteiger partial charge is 0.0314 e. The largest absolute Gasteiger partial charge is 0.399 e. The summed E-state index contributed by atoms with van der Waals surface area (Å²) in [7, 11) is 0. The van der Waals surface area contributed by atoms with Crippen molar-refractivity contribution in [1.82, 2.24) is 0 Å². The minimum absolute atomic E-state index is 0.532. The fourth-order valence-electron chi connectivity index (χ4n) is 4.52. The molecule has 0 radical (unpaired) electrons. The molecule has 0 aliphatic carbocycles. The zero-order chi connectivity index (χ0) is 21.7. The molecule has 2 N–H and O–H groups in total. The van der Waals surface area contributed by atoms with Gasteiger partial charge in [0.2, 0.25) is 0 Å². The predicted octanol–water partition coefficient (Wildman–Crippen LogP) is 8.13. The summed E-state index contributed by atoms with van der Waals surface area (Å²) < 4.78 is 0. The van der Waals surface area contributed by atoms with E-state index in [1.165, 1.54) is 46.2 Å². The Labute approximate surface area is 183 Å². The molecule has 1 nitrogen and oxygen atoms in total. The Morgan fingerprint density at radius 1 is 0.733 bits per heavy atom. The Hall–Kier alpha value is -2.54. The van der Waals surface area contributed by atoms with Crippen LogP contribution in [0.25, 0.3) is 11.1 Å². The van der Waals surface area contributed by atoms with Gasteiger partial charge in [0.15, 0.2) is 0 Å². The van der Waals surface area contributed by atoms with Gasteiger partial charge in [0, 0.05) is 5.69 Å². The first kappa shape index (κ1) is 22.2. The topological polar surface area (TPSA) is 26.0 Å². The van der Waals surface area contributed by atoms with Crippen LogP contribution in [0, 0.1) is 12.8 Å². The Morgan fingerprint density at radius 3 is 2.00 bits per heavy atom. The van der Waals surface area contributed by atoms with Gasteiger partial charge < -0.3 is 5.73 Å². The molecule has 3 rings (SSSR count). The minimum atomic E-state index is 0.532. The van der Waals surface area contributed by atoms with E-state index < -0.39 is 0 Å². The molecule has 0 aliphatic rings. The lowest BCUT2D eigenvalue weighted by molar-refractivity contribution is 0.479. The number of nitrogens with two attached hydrogens (primary N) is 1. The fraction of sp³-hybridized carbons (Fsp3) is 0.379. The Bertz CT molecular complexity index is 938. The lowest BCUT2D eigenvalue weighted by Crippen LogP contribution is -2.06. The Balaban J connectivity index is 1.76. The van der Waals surface area contributed by atoms with Crippen LogP contribution >= 0.6 is 0 Å². The molecule has 0 heterocycles. The lowest BCUT2D eigenvalue weighted by atomic mass is 9.83. The van der Waals surface area contributed by atoms with Crippen LogP contribution in [0.1, 0.15) is 74.6 Å². The van der Waals surface area contributed by atoms with Gasteiger partial charge in [-0.15, -0.1) is 0 Å². The Kier molecular flexibility index (Phi) is 7.37. The van der Waals surface area contributed by atoms with E-state index in [4.69, 9.17) is 5.73 Å². The second-order valence-electron chi connectivity index (χ2n) is 9.33. The predicted molar refractivity (Wildman–Crippen MR) is 132 cm³/mol. The van der Waals surface area contributed by atoms with Crippen LogP contribution in [-0.2, 0) is 6.42 Å². The molecule has 0 spiro atoms. The molecule has 2 atom stereocenters. The van der Waals surface area contributed by atoms with Crippen LogP contribution in [0.2, 0.25) is 0 Å². The van der Waals surface area contributed by atoms with Gasteiger partial charge in [-0.1, -0.05) is 82.3 Å². The maximum Gasteiger partial charge on any atom is 0.0314 e. The van der Waals surface area contributed by atoms with E-state index in [0.717, 1.165) is 12.1 Å². The second kappa shape index (κ2) is 9.98. The van der Waals surface area contributed by atoms with Crippen molar-refractivity contribution in [3.63, 3.8) is 0 Å². The quantitative estimate of drug-likeness (QED) is 0.380. The maximum atomic E-state index is 5.82. The van der Waals surface area contributed by atoms with Gasteiger partial charge in [0.05, 0.1) is 0 Å². The standard InChI is InChI=1S/C29H37N/c1-20(2)28-18-26(25-9-7-6-8-10-25)19-29(23(28)5)22(4)12-11-21(3)17-24-13-15-27(30)16-14-24/h6-10,13-16,18-22H,11-12,17,30H2,1-5H3. The van der Waals surface area contributed by atoms with Crippen LogP contribution in [0.15, 0.2) is 66.7 Å². The Morgan fingerprint density at radius 2 is 1.37 bits per heavy atom. The van der Waals surface area contributed by atoms with Crippen LogP contribution in [0.4, 0.5) is 5.69 Å². The summed E-state index contributed by atoms with van der Waals surface area (Å²) in [6.07, 6.45) is 3.57. The molecular formula is C29H37N. The van der Waals surface area contributed by atoms with Gasteiger partial charge in [-0.3, -0.25) is 0 Å². The van der Waals surface area contributed by atoms with Crippen molar-refractivity contribution in [1.29, 1.82) is 0 Å². The molecule has 2 unspecified atom stereocenters. The van der Waals surface area contributed by atoms with Crippen LogP contribution in [0.3, 0.4) is 0 Å². The van der Waals surface area contributed by atoms with Crippen molar-refractivity contribution in [2.45, 2.75) is 65.7 Å². The van der Waals surface area contributed by atoms with Gasteiger partial charge in [-0.05, 0) is 89.5 Å². The third-order valence-electron chi connectivity index (χ3n) is 6.40. The van der Waals surface area contributed by atoms with Gasteiger partial charge in [-0.25, -0.2) is 0 Å². The van der Waals surface area contributed by atoms with Crippen molar-refractivity contribution in [3.8, 4) is 11.1 Å². The molecule has 158 valence electrons. The summed E-state index contributed by atoms with van der Waals surface area (Å²) in [4.78, 5) is 0. The SMILES string of the molecule is Cc1c(C(C)C)cc(-c2ccccc2)cc1C(C)CCC(C)Cc1ccc(N)cc1. The third-order valence-corrected chi connectivity index (χ3v) is 6.40. The first-order chi connectivity index (χ1) is 14.3. The molecule has 0 saturated heterocycles. The number of rotatable bonds is 8. The van der Waals surface area contributed by atoms with Crippen molar-refractivity contribution < 1.29 is 0 Å². The van der Waals surface area contributed by atoms with E-state index in [0.29, 0.717) is 17.8 Å². The van der Waals surface area contributed by atoms with E-state index in [2.05, 4.69) is 89.2 Å². The zero-order valence-electron chi connectivity index (χ0n) is 19.3. The molecule has 0 bridgehead atoms. The summed E-state index contributed by atoms with van der Waals surface area (Å²) >= 11 is 0. The maximum absolute atomic E-state index is 5.82. The molecule has 30 heavy (non-hydrogen) atoms. The minimum Gasteiger partial charge on any atom is -0.399 e.